The summed E-state index contributed by atoms with van der Waals surface area (Å²) >= 11 is 0. The summed E-state index contributed by atoms with van der Waals surface area (Å²) in [5.41, 5.74) is 3.62. The van der Waals surface area contributed by atoms with Crippen molar-refractivity contribution in [1.82, 2.24) is 14.6 Å². The van der Waals surface area contributed by atoms with Gasteiger partial charge in [-0.05, 0) is 19.4 Å². The number of aromatic nitrogens is 3. The molecule has 0 spiro atoms. The molecule has 2 heterocycles. The maximum atomic E-state index is 12.2. The summed E-state index contributed by atoms with van der Waals surface area (Å²) in [5, 5.41) is 4.56. The number of carbonyl (C=O) groups is 1. The number of rotatable bonds is 4. The quantitative estimate of drug-likeness (QED) is 0.694. The Morgan fingerprint density at radius 2 is 1.95 bits per heavy atom. The lowest BCUT2D eigenvalue weighted by Gasteiger charge is -2.04. The molecule has 3 rings (SSSR count). The minimum Gasteiger partial charge on any atom is -0.462 e. The molecule has 1 aromatic carbocycles. The first-order chi connectivity index (χ1) is 10.8. The van der Waals surface area contributed by atoms with E-state index in [2.05, 4.69) is 10.1 Å². The van der Waals surface area contributed by atoms with Gasteiger partial charge in [-0.2, -0.15) is 5.10 Å². The van der Waals surface area contributed by atoms with Crippen LogP contribution in [0.2, 0.25) is 0 Å². The Hall–Kier alpha value is -2.69. The number of benzene rings is 1. The molecule has 0 unspecified atom stereocenters. The Balaban J connectivity index is 2.25. The maximum absolute atomic E-state index is 12.2. The smallest absolute Gasteiger partial charge is 0.343 e. The van der Waals surface area contributed by atoms with Crippen LogP contribution in [0.4, 0.5) is 0 Å². The average Bonchev–Trinajstić information content (AvgIpc) is 2.94. The van der Waals surface area contributed by atoms with Crippen molar-refractivity contribution in [3.63, 3.8) is 0 Å². The fraction of sp³-hybridized carbons (Fsp3) is 0.235. The van der Waals surface area contributed by atoms with Crippen molar-refractivity contribution in [2.24, 2.45) is 0 Å². The van der Waals surface area contributed by atoms with Crippen LogP contribution in [0.1, 0.15) is 29.9 Å². The van der Waals surface area contributed by atoms with Gasteiger partial charge in [0, 0.05) is 11.8 Å². The first kappa shape index (κ1) is 14.3. The first-order valence-corrected chi connectivity index (χ1v) is 7.35. The van der Waals surface area contributed by atoms with Gasteiger partial charge in [0.1, 0.15) is 5.56 Å². The van der Waals surface area contributed by atoms with Crippen molar-refractivity contribution in [2.75, 3.05) is 6.61 Å². The zero-order chi connectivity index (χ0) is 15.5. The maximum Gasteiger partial charge on any atom is 0.343 e. The third-order valence-electron chi connectivity index (χ3n) is 3.47. The minimum atomic E-state index is -0.368. The molecule has 0 saturated carbocycles. The fourth-order valence-electron chi connectivity index (χ4n) is 2.48. The van der Waals surface area contributed by atoms with E-state index in [4.69, 9.17) is 4.74 Å². The molecule has 22 heavy (non-hydrogen) atoms. The molecular weight excluding hydrogens is 278 g/mol. The number of nitrogens with zero attached hydrogens (tertiary/aromatic N) is 3. The Morgan fingerprint density at radius 1 is 1.18 bits per heavy atom. The van der Waals surface area contributed by atoms with E-state index in [1.165, 1.54) is 0 Å². The standard InChI is InChI=1S/C17H17N3O2/c1-3-13-15(17(21)22-4-2)16-18-11-10-14(20(16)19-13)12-8-6-5-7-9-12/h5-11H,3-4H2,1-2H3. The lowest BCUT2D eigenvalue weighted by atomic mass is 10.1. The molecule has 0 aliphatic heterocycles. The third-order valence-corrected chi connectivity index (χ3v) is 3.47. The summed E-state index contributed by atoms with van der Waals surface area (Å²) in [6.45, 7) is 4.09. The molecule has 0 fully saturated rings. The number of aryl methyl sites for hydroxylation is 1. The van der Waals surface area contributed by atoms with Crippen molar-refractivity contribution in [3.8, 4) is 11.3 Å². The van der Waals surface area contributed by atoms with Crippen LogP contribution >= 0.6 is 0 Å². The average molecular weight is 295 g/mol. The molecule has 3 aromatic rings. The molecule has 0 aliphatic carbocycles. The van der Waals surface area contributed by atoms with E-state index in [1.807, 2.05) is 43.3 Å². The Morgan fingerprint density at radius 3 is 2.64 bits per heavy atom. The highest BCUT2D eigenvalue weighted by Crippen LogP contribution is 2.23. The lowest BCUT2D eigenvalue weighted by Crippen LogP contribution is -2.07. The number of esters is 1. The van der Waals surface area contributed by atoms with Crippen molar-refractivity contribution in [3.05, 3.63) is 53.9 Å². The summed E-state index contributed by atoms with van der Waals surface area (Å²) in [5.74, 6) is -0.368. The van der Waals surface area contributed by atoms with Crippen LogP contribution in [0, 0.1) is 0 Å². The number of hydrogen-bond acceptors (Lipinski definition) is 4. The highest BCUT2D eigenvalue weighted by Gasteiger charge is 2.22. The van der Waals surface area contributed by atoms with E-state index < -0.39 is 0 Å². The molecule has 2 aromatic heterocycles. The van der Waals surface area contributed by atoms with Gasteiger partial charge in [0.2, 0.25) is 0 Å². The second kappa shape index (κ2) is 5.97. The van der Waals surface area contributed by atoms with Crippen LogP contribution in [0.5, 0.6) is 0 Å². The van der Waals surface area contributed by atoms with E-state index in [9.17, 15) is 4.79 Å². The van der Waals surface area contributed by atoms with Gasteiger partial charge in [-0.15, -0.1) is 0 Å². The highest BCUT2D eigenvalue weighted by atomic mass is 16.5. The second-order valence-electron chi connectivity index (χ2n) is 4.83. The van der Waals surface area contributed by atoms with Gasteiger partial charge in [0.05, 0.1) is 18.0 Å². The van der Waals surface area contributed by atoms with E-state index in [0.717, 1.165) is 11.3 Å². The van der Waals surface area contributed by atoms with Crippen molar-refractivity contribution in [1.29, 1.82) is 0 Å². The van der Waals surface area contributed by atoms with Crippen molar-refractivity contribution in [2.45, 2.75) is 20.3 Å². The first-order valence-electron chi connectivity index (χ1n) is 7.35. The summed E-state index contributed by atoms with van der Waals surface area (Å²) in [4.78, 5) is 16.6. The van der Waals surface area contributed by atoms with Gasteiger partial charge in [-0.3, -0.25) is 0 Å². The molecule has 0 radical (unpaired) electrons. The van der Waals surface area contributed by atoms with E-state index >= 15 is 0 Å². The van der Waals surface area contributed by atoms with Crippen LogP contribution in [-0.2, 0) is 11.2 Å². The molecule has 5 nitrogen and oxygen atoms in total. The Bertz CT molecular complexity index is 809. The molecule has 0 N–H and O–H groups in total. The Kier molecular flexibility index (Phi) is 3.87. The zero-order valence-electron chi connectivity index (χ0n) is 12.6. The number of ether oxygens (including phenoxy) is 1. The van der Waals surface area contributed by atoms with Crippen LogP contribution in [-0.4, -0.2) is 27.2 Å². The second-order valence-corrected chi connectivity index (χ2v) is 4.83. The normalized spacial score (nSPS) is 10.8. The van der Waals surface area contributed by atoms with Gasteiger partial charge < -0.3 is 4.74 Å². The molecule has 0 bridgehead atoms. The minimum absolute atomic E-state index is 0.331. The summed E-state index contributed by atoms with van der Waals surface area (Å²) < 4.78 is 6.87. The topological polar surface area (TPSA) is 56.5 Å². The SMILES string of the molecule is CCOC(=O)c1c(CC)nn2c(-c3ccccc3)ccnc12. The van der Waals surface area contributed by atoms with Gasteiger partial charge >= 0.3 is 5.97 Å². The lowest BCUT2D eigenvalue weighted by molar-refractivity contribution is 0.0527. The molecule has 0 amide bonds. The summed E-state index contributed by atoms with van der Waals surface area (Å²) in [6, 6.07) is 11.8. The highest BCUT2D eigenvalue weighted by molar-refractivity contribution is 5.97. The summed E-state index contributed by atoms with van der Waals surface area (Å²) in [6.07, 6.45) is 2.34. The fourth-order valence-corrected chi connectivity index (χ4v) is 2.48. The van der Waals surface area contributed by atoms with Gasteiger partial charge in [0.15, 0.2) is 5.65 Å². The zero-order valence-corrected chi connectivity index (χ0v) is 12.6. The van der Waals surface area contributed by atoms with Gasteiger partial charge in [-0.1, -0.05) is 37.3 Å². The molecule has 0 saturated heterocycles. The largest absolute Gasteiger partial charge is 0.462 e. The van der Waals surface area contributed by atoms with Crippen LogP contribution < -0.4 is 0 Å². The molecule has 5 heteroatoms. The molecule has 112 valence electrons. The number of fused-ring (bicyclic) bond motifs is 1. The summed E-state index contributed by atoms with van der Waals surface area (Å²) in [7, 11) is 0. The van der Waals surface area contributed by atoms with E-state index in [-0.39, 0.29) is 5.97 Å². The van der Waals surface area contributed by atoms with Gasteiger partial charge in [-0.25, -0.2) is 14.3 Å². The number of carbonyl (C=O) groups excluding carboxylic acids is 1. The van der Waals surface area contributed by atoms with E-state index in [1.54, 1.807) is 17.6 Å². The van der Waals surface area contributed by atoms with E-state index in [0.29, 0.717) is 29.9 Å². The van der Waals surface area contributed by atoms with Crippen molar-refractivity contribution < 1.29 is 9.53 Å². The Labute approximate surface area is 128 Å². The molecular formula is C17H17N3O2. The molecule has 0 atom stereocenters. The predicted molar refractivity (Wildman–Crippen MR) is 83.8 cm³/mol. The van der Waals surface area contributed by atoms with Crippen molar-refractivity contribution >= 4 is 11.6 Å². The number of hydrogen-bond donors (Lipinski definition) is 0. The monoisotopic (exact) mass is 295 g/mol. The van der Waals surface area contributed by atoms with Crippen LogP contribution in [0.15, 0.2) is 42.6 Å². The van der Waals surface area contributed by atoms with Crippen LogP contribution in [0.25, 0.3) is 16.9 Å². The predicted octanol–water partition coefficient (Wildman–Crippen LogP) is 3.14. The third kappa shape index (κ3) is 2.35. The molecule has 0 aliphatic rings. The van der Waals surface area contributed by atoms with Crippen LogP contribution in [0.3, 0.4) is 0 Å². The van der Waals surface area contributed by atoms with Gasteiger partial charge in [0.25, 0.3) is 0 Å².